The fourth-order valence-electron chi connectivity index (χ4n) is 7.08. The van der Waals surface area contributed by atoms with E-state index in [1.165, 1.54) is 0 Å². The number of ether oxygens (including phenoxy) is 10. The summed E-state index contributed by atoms with van der Waals surface area (Å²) in [5, 5.41) is 4.07. The summed E-state index contributed by atoms with van der Waals surface area (Å²) in [6.07, 6.45) is 0. The molecule has 0 saturated carbocycles. The molecule has 0 amide bonds. The monoisotopic (exact) mass is 1130 g/mol. The van der Waals surface area contributed by atoms with Crippen molar-refractivity contribution in [2.45, 2.75) is 264 Å². The van der Waals surface area contributed by atoms with E-state index in [0.29, 0.717) is 57.5 Å². The molecule has 5 aromatic heterocycles. The van der Waals surface area contributed by atoms with Gasteiger partial charge >= 0.3 is 0 Å². The lowest BCUT2D eigenvalue weighted by molar-refractivity contribution is 0.0951. The van der Waals surface area contributed by atoms with Gasteiger partial charge in [0.2, 0.25) is 0 Å². The van der Waals surface area contributed by atoms with Crippen molar-refractivity contribution in [1.29, 1.82) is 0 Å². The minimum Gasteiger partial charge on any atom is -0.483 e. The SMILES string of the molecule is CC(C)(C)Oc1csc(-c2sc(-c3sc(-c4sc(-c5scc(OC(C)(C)C)c5OC(C)(C)C)c(OC(C)(C)C)c4OC(C)(C)C)c(OC(C)(C)C)c3OC(C)(C)C)c(OC(C)(C)C)c2OC(C)(C)C)c1OC(C)(C)C. The fourth-order valence-corrected chi connectivity index (χ4v) is 12.9. The molecule has 5 heterocycles. The van der Waals surface area contributed by atoms with Gasteiger partial charge in [0.05, 0.1) is 39.0 Å². The molecule has 0 N–H and O–H groups in total. The van der Waals surface area contributed by atoms with E-state index in [2.05, 4.69) is 166 Å². The smallest absolute Gasteiger partial charge is 0.182 e. The summed E-state index contributed by atoms with van der Waals surface area (Å²) in [6.45, 7) is 61.7. The lowest BCUT2D eigenvalue weighted by Gasteiger charge is -2.28. The first-order valence-corrected chi connectivity index (χ1v) is 30.2. The van der Waals surface area contributed by atoms with Gasteiger partial charge in [-0.1, -0.05) is 0 Å². The Balaban J connectivity index is 2.08. The summed E-state index contributed by atoms with van der Waals surface area (Å²) in [4.78, 5) is 6.65. The highest BCUT2D eigenvalue weighted by Crippen LogP contribution is 2.67. The average molecular weight is 1130 g/mol. The predicted molar refractivity (Wildman–Crippen MR) is 321 cm³/mol. The summed E-state index contributed by atoms with van der Waals surface area (Å²) in [6, 6.07) is 0. The van der Waals surface area contributed by atoms with Crippen molar-refractivity contribution in [2.75, 3.05) is 0 Å². The molecule has 0 aliphatic heterocycles. The van der Waals surface area contributed by atoms with Crippen molar-refractivity contribution in [3.8, 4) is 96.5 Å². The largest absolute Gasteiger partial charge is 0.483 e. The maximum atomic E-state index is 7.27. The van der Waals surface area contributed by atoms with Gasteiger partial charge in [-0.05, 0) is 208 Å². The van der Waals surface area contributed by atoms with Gasteiger partial charge in [0.25, 0.3) is 0 Å². The van der Waals surface area contributed by atoms with Gasteiger partial charge in [-0.3, -0.25) is 0 Å². The lowest BCUT2D eigenvalue weighted by Crippen LogP contribution is -2.27. The van der Waals surface area contributed by atoms with Crippen LogP contribution >= 0.6 is 56.7 Å². The Kier molecular flexibility index (Phi) is 17.4. The summed E-state index contributed by atoms with van der Waals surface area (Å²) in [7, 11) is 0. The minimum atomic E-state index is -0.675. The number of hydrogen-bond donors (Lipinski definition) is 0. The van der Waals surface area contributed by atoms with Crippen LogP contribution in [0.2, 0.25) is 0 Å². The third kappa shape index (κ3) is 17.8. The van der Waals surface area contributed by atoms with Crippen molar-refractivity contribution >= 4 is 56.7 Å². The van der Waals surface area contributed by atoms with E-state index in [9.17, 15) is 0 Å². The Morgan fingerprint density at radius 2 is 0.347 bits per heavy atom. The van der Waals surface area contributed by atoms with Gasteiger partial charge < -0.3 is 47.4 Å². The van der Waals surface area contributed by atoms with Gasteiger partial charge in [0.1, 0.15) is 56.0 Å². The van der Waals surface area contributed by atoms with Gasteiger partial charge in [-0.25, -0.2) is 0 Å². The van der Waals surface area contributed by atoms with Crippen LogP contribution in [0, 0.1) is 0 Å². The third-order valence-electron chi connectivity index (χ3n) is 8.82. The van der Waals surface area contributed by atoms with Crippen LogP contribution in [0.25, 0.3) is 39.0 Å². The summed E-state index contributed by atoms with van der Waals surface area (Å²) < 4.78 is 70.3. The third-order valence-corrected chi connectivity index (χ3v) is 14.8. The van der Waals surface area contributed by atoms with Crippen LogP contribution in [0.1, 0.15) is 208 Å². The highest BCUT2D eigenvalue weighted by atomic mass is 32.1. The first kappa shape index (κ1) is 62.3. The van der Waals surface area contributed by atoms with Gasteiger partial charge in [0.15, 0.2) is 57.5 Å². The molecule has 0 aromatic carbocycles. The maximum absolute atomic E-state index is 7.27. The topological polar surface area (TPSA) is 92.3 Å². The number of thiophene rings is 5. The second kappa shape index (κ2) is 20.9. The Hall–Kier alpha value is -3.50. The molecule has 5 rings (SSSR count). The normalized spacial score (nSPS) is 13.7. The molecule has 0 atom stereocenters. The second-order valence-corrected chi connectivity index (χ2v) is 33.7. The molecule has 0 fully saturated rings. The van der Waals surface area contributed by atoms with Crippen molar-refractivity contribution in [3.05, 3.63) is 10.8 Å². The highest BCUT2D eigenvalue weighted by molar-refractivity contribution is 7.30. The Morgan fingerprint density at radius 3 is 0.507 bits per heavy atom. The zero-order chi connectivity index (χ0) is 57.4. The van der Waals surface area contributed by atoms with Gasteiger partial charge in [-0.2, -0.15) is 0 Å². The van der Waals surface area contributed by atoms with Crippen molar-refractivity contribution in [3.63, 3.8) is 0 Å². The molecule has 0 bridgehead atoms. The van der Waals surface area contributed by atoms with Crippen LogP contribution in [0.15, 0.2) is 10.8 Å². The van der Waals surface area contributed by atoms with E-state index in [4.69, 9.17) is 47.4 Å². The van der Waals surface area contributed by atoms with Gasteiger partial charge in [0, 0.05) is 10.8 Å². The zero-order valence-electron chi connectivity index (χ0n) is 51.3. The Labute approximate surface area is 472 Å². The Morgan fingerprint density at radius 1 is 0.200 bits per heavy atom. The van der Waals surface area contributed by atoms with Gasteiger partial charge in [-0.15, -0.1) is 56.7 Å². The minimum absolute atomic E-state index is 0.488. The van der Waals surface area contributed by atoms with E-state index in [1.807, 2.05) is 52.3 Å². The van der Waals surface area contributed by atoms with Crippen LogP contribution in [-0.4, -0.2) is 56.0 Å². The predicted octanol–water partition coefficient (Wildman–Crippen LogP) is 20.4. The van der Waals surface area contributed by atoms with E-state index >= 15 is 0 Å². The molecule has 0 saturated heterocycles. The fraction of sp³-hybridized carbons (Fsp3) is 0.667. The van der Waals surface area contributed by atoms with Crippen LogP contribution in [0.3, 0.4) is 0 Å². The Bertz CT molecular complexity index is 2570. The maximum Gasteiger partial charge on any atom is 0.182 e. The number of rotatable bonds is 14. The molecule has 10 nitrogen and oxygen atoms in total. The molecule has 0 radical (unpaired) electrons. The van der Waals surface area contributed by atoms with E-state index < -0.39 is 56.0 Å². The van der Waals surface area contributed by atoms with Crippen LogP contribution in [0.4, 0.5) is 0 Å². The van der Waals surface area contributed by atoms with Crippen molar-refractivity contribution in [2.24, 2.45) is 0 Å². The first-order chi connectivity index (χ1) is 33.4. The molecular formula is C60H92O10S5. The average Bonchev–Trinajstić information content (AvgIpc) is 3.92. The quantitative estimate of drug-likeness (QED) is 0.107. The number of hydrogen-bond acceptors (Lipinski definition) is 15. The van der Waals surface area contributed by atoms with Crippen molar-refractivity contribution < 1.29 is 47.4 Å². The molecule has 15 heteroatoms. The molecule has 0 unspecified atom stereocenters. The molecule has 0 aliphatic carbocycles. The molecule has 5 aromatic rings. The van der Waals surface area contributed by atoms with E-state index in [-0.39, 0.29) is 0 Å². The van der Waals surface area contributed by atoms with E-state index in [0.717, 1.165) is 39.0 Å². The lowest BCUT2D eigenvalue weighted by atomic mass is 10.1. The molecule has 422 valence electrons. The molecule has 0 spiro atoms. The summed E-state index contributed by atoms with van der Waals surface area (Å²) in [5.74, 6) is 6.14. The van der Waals surface area contributed by atoms with E-state index in [1.54, 1.807) is 56.7 Å². The van der Waals surface area contributed by atoms with Crippen LogP contribution in [-0.2, 0) is 0 Å². The zero-order valence-corrected chi connectivity index (χ0v) is 55.4. The second-order valence-electron chi connectivity index (χ2n) is 28.9. The summed E-state index contributed by atoms with van der Waals surface area (Å²) >= 11 is 7.86. The van der Waals surface area contributed by atoms with Crippen LogP contribution < -0.4 is 47.4 Å². The molecular weight excluding hydrogens is 1040 g/mol. The van der Waals surface area contributed by atoms with Crippen LogP contribution in [0.5, 0.6) is 57.5 Å². The first-order valence-electron chi connectivity index (χ1n) is 26.0. The summed E-state index contributed by atoms with van der Waals surface area (Å²) in [5.41, 5.74) is -6.00. The van der Waals surface area contributed by atoms with Crippen molar-refractivity contribution in [1.82, 2.24) is 0 Å². The molecule has 75 heavy (non-hydrogen) atoms. The highest BCUT2D eigenvalue weighted by Gasteiger charge is 2.42. The standard InChI is InChI=1S/C60H92O10S5/c1-51(2,3)61-33-31-71-43(35(33)63-53(7,8)9)45-37(65-55(13,14)15)39(67-57(19,20)21)47(73-45)49-41(69-59(25,26)27)42(70-60(28,29)30)50(75-49)48-40(68-58(22,23)24)38(66-56(16,17)18)46(74-48)44-36(64-54(10,11)12)34(32-72-44)62-52(4,5)6/h31-32H,1-30H3. The molecule has 0 aliphatic rings.